The Labute approximate surface area is 123 Å². The molecule has 2 rings (SSSR count). The molecule has 6 heteroatoms. The number of anilines is 1. The van der Waals surface area contributed by atoms with Crippen molar-refractivity contribution in [1.82, 2.24) is 14.8 Å². The molecule has 2 heterocycles. The van der Waals surface area contributed by atoms with E-state index < -0.39 is 0 Å². The summed E-state index contributed by atoms with van der Waals surface area (Å²) in [5.74, 6) is 0.940. The van der Waals surface area contributed by atoms with E-state index in [0.29, 0.717) is 10.8 Å². The van der Waals surface area contributed by atoms with E-state index >= 15 is 0 Å². The van der Waals surface area contributed by atoms with Crippen molar-refractivity contribution in [2.24, 2.45) is 0 Å². The Hall–Kier alpha value is -1.14. The Morgan fingerprint density at radius 1 is 1.53 bits per heavy atom. The molecule has 0 atom stereocenters. The largest absolute Gasteiger partial charge is 0.333 e. The molecule has 19 heavy (non-hydrogen) atoms. The standard InChI is InChI=1S/C13H20N4S2/c1-4-7-16-12(14-15-13(16)18)17(10(2)3)9-11-6-5-8-19-11/h5-6,8,10H,4,7,9H2,1-3H3,(H,15,18). The van der Waals surface area contributed by atoms with Crippen LogP contribution in [0, 0.1) is 4.77 Å². The first-order valence-corrected chi connectivity index (χ1v) is 7.86. The molecule has 0 aromatic carbocycles. The highest BCUT2D eigenvalue weighted by Gasteiger charge is 2.18. The van der Waals surface area contributed by atoms with E-state index in [-0.39, 0.29) is 0 Å². The summed E-state index contributed by atoms with van der Waals surface area (Å²) in [6, 6.07) is 4.62. The zero-order valence-electron chi connectivity index (χ0n) is 11.6. The number of rotatable bonds is 6. The minimum absolute atomic E-state index is 0.378. The van der Waals surface area contributed by atoms with Gasteiger partial charge in [-0.2, -0.15) is 0 Å². The van der Waals surface area contributed by atoms with E-state index in [1.807, 2.05) is 0 Å². The molecule has 0 aliphatic heterocycles. The number of aromatic nitrogens is 3. The van der Waals surface area contributed by atoms with Gasteiger partial charge in [0.1, 0.15) is 0 Å². The van der Waals surface area contributed by atoms with Crippen LogP contribution in [0.15, 0.2) is 17.5 Å². The van der Waals surface area contributed by atoms with E-state index in [2.05, 4.69) is 57.9 Å². The number of nitrogens with zero attached hydrogens (tertiary/aromatic N) is 3. The van der Waals surface area contributed by atoms with Gasteiger partial charge in [0.15, 0.2) is 4.77 Å². The predicted octanol–water partition coefficient (Wildman–Crippen LogP) is 3.83. The van der Waals surface area contributed by atoms with Crippen LogP contribution in [-0.2, 0) is 13.1 Å². The first-order valence-electron chi connectivity index (χ1n) is 6.57. The highest BCUT2D eigenvalue weighted by molar-refractivity contribution is 7.71. The molecule has 0 saturated heterocycles. The summed E-state index contributed by atoms with van der Waals surface area (Å²) in [5.41, 5.74) is 0. The molecule has 2 aromatic heterocycles. The van der Waals surface area contributed by atoms with Gasteiger partial charge in [0.2, 0.25) is 5.95 Å². The Morgan fingerprint density at radius 2 is 2.32 bits per heavy atom. The Bertz CT molecular complexity index is 553. The number of nitrogens with one attached hydrogen (secondary N) is 1. The van der Waals surface area contributed by atoms with Crippen LogP contribution in [0.5, 0.6) is 0 Å². The molecule has 104 valence electrons. The third-order valence-corrected chi connectivity index (χ3v) is 4.14. The molecule has 0 aliphatic rings. The fraction of sp³-hybridized carbons (Fsp3) is 0.538. The van der Waals surface area contributed by atoms with Crippen LogP contribution in [-0.4, -0.2) is 20.8 Å². The molecule has 0 bridgehead atoms. The second-order valence-electron chi connectivity index (χ2n) is 4.78. The Kier molecular flexibility index (Phi) is 4.76. The van der Waals surface area contributed by atoms with Gasteiger partial charge in [-0.1, -0.05) is 13.0 Å². The molecule has 0 radical (unpaired) electrons. The van der Waals surface area contributed by atoms with Crippen molar-refractivity contribution in [1.29, 1.82) is 0 Å². The molecule has 0 aliphatic carbocycles. The third-order valence-electron chi connectivity index (χ3n) is 2.97. The first-order chi connectivity index (χ1) is 9.13. The predicted molar refractivity (Wildman–Crippen MR) is 83.3 cm³/mol. The lowest BCUT2D eigenvalue weighted by molar-refractivity contribution is 0.605. The van der Waals surface area contributed by atoms with Crippen LogP contribution in [0.1, 0.15) is 32.1 Å². The van der Waals surface area contributed by atoms with E-state index in [4.69, 9.17) is 12.2 Å². The molecule has 2 aromatic rings. The Balaban J connectivity index is 2.31. The summed E-state index contributed by atoms with van der Waals surface area (Å²) in [5, 5.41) is 9.44. The highest BCUT2D eigenvalue weighted by atomic mass is 32.1. The van der Waals surface area contributed by atoms with Gasteiger partial charge >= 0.3 is 0 Å². The first kappa shape index (κ1) is 14.3. The molecule has 0 amide bonds. The fourth-order valence-corrected chi connectivity index (χ4v) is 2.93. The maximum Gasteiger partial charge on any atom is 0.226 e. The zero-order chi connectivity index (χ0) is 13.8. The minimum atomic E-state index is 0.378. The van der Waals surface area contributed by atoms with E-state index in [0.717, 1.165) is 25.5 Å². The quantitative estimate of drug-likeness (QED) is 0.823. The van der Waals surface area contributed by atoms with Crippen molar-refractivity contribution < 1.29 is 0 Å². The van der Waals surface area contributed by atoms with Gasteiger partial charge in [0.25, 0.3) is 0 Å². The maximum absolute atomic E-state index is 5.31. The lowest BCUT2D eigenvalue weighted by Gasteiger charge is -2.27. The van der Waals surface area contributed by atoms with E-state index in [9.17, 15) is 0 Å². The van der Waals surface area contributed by atoms with Crippen LogP contribution >= 0.6 is 23.6 Å². The van der Waals surface area contributed by atoms with Crippen LogP contribution < -0.4 is 4.90 Å². The van der Waals surface area contributed by atoms with Crippen molar-refractivity contribution in [3.63, 3.8) is 0 Å². The van der Waals surface area contributed by atoms with Gasteiger partial charge in [0.05, 0.1) is 6.54 Å². The van der Waals surface area contributed by atoms with Gasteiger partial charge < -0.3 is 4.90 Å². The van der Waals surface area contributed by atoms with E-state index in [1.165, 1.54) is 4.88 Å². The van der Waals surface area contributed by atoms with Crippen molar-refractivity contribution in [2.45, 2.75) is 46.3 Å². The Morgan fingerprint density at radius 3 is 2.89 bits per heavy atom. The number of H-pyrrole nitrogens is 1. The highest BCUT2D eigenvalue weighted by Crippen LogP contribution is 2.20. The molecule has 4 nitrogen and oxygen atoms in total. The van der Waals surface area contributed by atoms with Gasteiger partial charge in [-0.25, -0.2) is 5.10 Å². The molecular weight excluding hydrogens is 276 g/mol. The normalized spacial score (nSPS) is 11.2. The summed E-state index contributed by atoms with van der Waals surface area (Å²) in [6.07, 6.45) is 1.05. The summed E-state index contributed by atoms with van der Waals surface area (Å²) in [6.45, 7) is 8.29. The van der Waals surface area contributed by atoms with Gasteiger partial charge in [-0.15, -0.1) is 16.4 Å². The number of aromatic amines is 1. The second kappa shape index (κ2) is 6.34. The van der Waals surface area contributed by atoms with Crippen molar-refractivity contribution >= 4 is 29.5 Å². The van der Waals surface area contributed by atoms with Crippen LogP contribution in [0.4, 0.5) is 5.95 Å². The lowest BCUT2D eigenvalue weighted by atomic mass is 10.3. The summed E-state index contributed by atoms with van der Waals surface area (Å²) < 4.78 is 2.79. The van der Waals surface area contributed by atoms with Gasteiger partial charge in [-0.3, -0.25) is 4.57 Å². The van der Waals surface area contributed by atoms with Crippen LogP contribution in [0.25, 0.3) is 0 Å². The maximum atomic E-state index is 5.31. The van der Waals surface area contributed by atoms with Crippen molar-refractivity contribution in [3.05, 3.63) is 27.2 Å². The monoisotopic (exact) mass is 296 g/mol. The zero-order valence-corrected chi connectivity index (χ0v) is 13.2. The number of hydrogen-bond donors (Lipinski definition) is 1. The number of hydrogen-bond acceptors (Lipinski definition) is 4. The molecule has 0 saturated carbocycles. The summed E-state index contributed by atoms with van der Waals surface area (Å²) in [7, 11) is 0. The summed E-state index contributed by atoms with van der Waals surface area (Å²) >= 11 is 7.09. The van der Waals surface area contributed by atoms with Crippen molar-refractivity contribution in [2.75, 3.05) is 4.90 Å². The minimum Gasteiger partial charge on any atom is -0.333 e. The smallest absolute Gasteiger partial charge is 0.226 e. The molecule has 0 unspecified atom stereocenters. The van der Waals surface area contributed by atoms with Crippen molar-refractivity contribution in [3.8, 4) is 0 Å². The van der Waals surface area contributed by atoms with E-state index in [1.54, 1.807) is 11.3 Å². The van der Waals surface area contributed by atoms with Gasteiger partial charge in [0, 0.05) is 17.5 Å². The molecule has 0 fully saturated rings. The number of thiophene rings is 1. The second-order valence-corrected chi connectivity index (χ2v) is 6.20. The molecular formula is C13H20N4S2. The molecule has 1 N–H and O–H groups in total. The topological polar surface area (TPSA) is 36.9 Å². The van der Waals surface area contributed by atoms with Gasteiger partial charge in [-0.05, 0) is 43.9 Å². The average molecular weight is 296 g/mol. The average Bonchev–Trinajstić information content (AvgIpc) is 2.98. The lowest BCUT2D eigenvalue weighted by Crippen LogP contribution is -2.32. The SMILES string of the molecule is CCCn1c(N(Cc2cccs2)C(C)C)n[nH]c1=S. The van der Waals surface area contributed by atoms with Crippen LogP contribution in [0.3, 0.4) is 0 Å². The fourth-order valence-electron chi connectivity index (χ4n) is 2.01. The molecule has 0 spiro atoms. The van der Waals surface area contributed by atoms with Crippen LogP contribution in [0.2, 0.25) is 0 Å². The third kappa shape index (κ3) is 3.25. The summed E-state index contributed by atoms with van der Waals surface area (Å²) in [4.78, 5) is 3.62.